The molecule has 4 rings (SSSR count). The van der Waals surface area contributed by atoms with Crippen molar-refractivity contribution in [1.29, 1.82) is 0 Å². The molecule has 2 aliphatic carbocycles. The van der Waals surface area contributed by atoms with Crippen LogP contribution in [0.25, 0.3) is 0 Å². The van der Waals surface area contributed by atoms with Crippen LogP contribution in [-0.4, -0.2) is 59.0 Å². The van der Waals surface area contributed by atoms with E-state index in [4.69, 9.17) is 4.74 Å². The third-order valence-electron chi connectivity index (χ3n) is 6.36. The van der Waals surface area contributed by atoms with Crippen molar-refractivity contribution < 1.29 is 14.3 Å². The normalized spacial score (nSPS) is 29.9. The lowest BCUT2D eigenvalue weighted by Crippen LogP contribution is -2.49. The van der Waals surface area contributed by atoms with E-state index in [1.165, 1.54) is 11.1 Å². The second-order valence-electron chi connectivity index (χ2n) is 8.26. The number of ketones is 1. The molecule has 3 atom stereocenters. The minimum Gasteiger partial charge on any atom is -0.497 e. The predicted molar refractivity (Wildman–Crippen MR) is 120 cm³/mol. The Labute approximate surface area is 181 Å². The molecule has 7 heteroatoms. The number of allylic oxidation sites excluding steroid dienone is 5. The van der Waals surface area contributed by atoms with Gasteiger partial charge in [-0.25, -0.2) is 0 Å². The first kappa shape index (κ1) is 21.1. The van der Waals surface area contributed by atoms with Crippen LogP contribution >= 0.6 is 23.5 Å². The largest absolute Gasteiger partial charge is 0.497 e. The van der Waals surface area contributed by atoms with Crippen LogP contribution in [0.5, 0.6) is 0 Å². The summed E-state index contributed by atoms with van der Waals surface area (Å²) in [5.74, 6) is 4.11. The second-order valence-corrected chi connectivity index (χ2v) is 10.5. The van der Waals surface area contributed by atoms with E-state index in [-0.39, 0.29) is 23.0 Å². The van der Waals surface area contributed by atoms with Crippen molar-refractivity contribution in [1.82, 2.24) is 10.2 Å². The number of amides is 1. The van der Waals surface area contributed by atoms with Crippen LogP contribution in [0, 0.1) is 5.92 Å². The van der Waals surface area contributed by atoms with Crippen LogP contribution in [0.15, 0.2) is 34.6 Å². The molecular formula is C22H30N2O3S2. The molecular weight excluding hydrogens is 404 g/mol. The lowest BCUT2D eigenvalue weighted by Gasteiger charge is -2.27. The van der Waals surface area contributed by atoms with E-state index in [9.17, 15) is 9.59 Å². The Morgan fingerprint density at radius 3 is 3.00 bits per heavy atom. The SMILES string of the molecule is COC1=CCC2=C(C=C1C)CC(CC(=O)C1SCN[C@@H]1C(=O)N1CCSC1)CC2. The van der Waals surface area contributed by atoms with Crippen molar-refractivity contribution in [3.05, 3.63) is 34.6 Å². The monoisotopic (exact) mass is 434 g/mol. The maximum absolute atomic E-state index is 13.1. The minimum absolute atomic E-state index is 0.104. The van der Waals surface area contributed by atoms with Gasteiger partial charge >= 0.3 is 0 Å². The Morgan fingerprint density at radius 2 is 2.24 bits per heavy atom. The average molecular weight is 435 g/mol. The maximum Gasteiger partial charge on any atom is 0.242 e. The molecule has 29 heavy (non-hydrogen) atoms. The highest BCUT2D eigenvalue weighted by molar-refractivity contribution is 8.01. The Hall–Kier alpha value is -1.18. The lowest BCUT2D eigenvalue weighted by molar-refractivity contribution is -0.133. The molecule has 0 aromatic heterocycles. The van der Waals surface area contributed by atoms with Gasteiger partial charge in [0.05, 0.1) is 18.2 Å². The summed E-state index contributed by atoms with van der Waals surface area (Å²) in [5.41, 5.74) is 4.03. The number of carbonyl (C=O) groups excluding carboxylic acids is 2. The van der Waals surface area contributed by atoms with Gasteiger partial charge in [-0.3, -0.25) is 14.9 Å². The highest BCUT2D eigenvalue weighted by Crippen LogP contribution is 2.38. The summed E-state index contributed by atoms with van der Waals surface area (Å²) in [6.07, 6.45) is 9.00. The van der Waals surface area contributed by atoms with Gasteiger partial charge < -0.3 is 9.64 Å². The average Bonchev–Trinajstić information content (AvgIpc) is 3.39. The number of Topliss-reactive ketones (excluding diaryl/α,β-unsaturated/α-hetero) is 1. The van der Waals surface area contributed by atoms with Gasteiger partial charge in [-0.15, -0.1) is 23.5 Å². The Kier molecular flexibility index (Phi) is 6.76. The molecule has 2 heterocycles. The smallest absolute Gasteiger partial charge is 0.242 e. The second kappa shape index (κ2) is 9.31. The number of rotatable bonds is 5. The first-order chi connectivity index (χ1) is 14.1. The van der Waals surface area contributed by atoms with Gasteiger partial charge in [0.1, 0.15) is 17.6 Å². The number of ether oxygens (including phenoxy) is 1. The number of hydrogen-bond donors (Lipinski definition) is 1. The number of thioether (sulfide) groups is 2. The van der Waals surface area contributed by atoms with Gasteiger partial charge in [0.15, 0.2) is 0 Å². The number of hydrogen-bond acceptors (Lipinski definition) is 6. The number of nitrogens with one attached hydrogen (secondary N) is 1. The summed E-state index contributed by atoms with van der Waals surface area (Å²) in [5, 5.41) is 3.03. The van der Waals surface area contributed by atoms with Gasteiger partial charge in [0.2, 0.25) is 5.91 Å². The molecule has 0 bridgehead atoms. The predicted octanol–water partition coefficient (Wildman–Crippen LogP) is 3.49. The zero-order valence-corrected chi connectivity index (χ0v) is 18.9. The van der Waals surface area contributed by atoms with Gasteiger partial charge in [-0.2, -0.15) is 0 Å². The van der Waals surface area contributed by atoms with Crippen molar-refractivity contribution in [3.8, 4) is 0 Å². The van der Waals surface area contributed by atoms with Crippen molar-refractivity contribution in [2.45, 2.75) is 50.3 Å². The molecule has 2 fully saturated rings. The summed E-state index contributed by atoms with van der Waals surface area (Å²) >= 11 is 3.38. The van der Waals surface area contributed by atoms with Crippen LogP contribution < -0.4 is 5.32 Å². The van der Waals surface area contributed by atoms with Crippen molar-refractivity contribution in [2.24, 2.45) is 5.92 Å². The van der Waals surface area contributed by atoms with Gasteiger partial charge in [-0.05, 0) is 55.7 Å². The van der Waals surface area contributed by atoms with E-state index in [1.807, 2.05) is 4.90 Å². The molecule has 4 aliphatic rings. The van der Waals surface area contributed by atoms with Crippen LogP contribution in [0.1, 0.15) is 39.0 Å². The quantitative estimate of drug-likeness (QED) is 0.715. The first-order valence-corrected chi connectivity index (χ1v) is 12.6. The first-order valence-electron chi connectivity index (χ1n) is 10.4. The molecule has 5 nitrogen and oxygen atoms in total. The van der Waals surface area contributed by atoms with Gasteiger partial charge in [0.25, 0.3) is 0 Å². The number of methoxy groups -OCH3 is 1. The highest BCUT2D eigenvalue weighted by Gasteiger charge is 2.41. The molecule has 2 unspecified atom stereocenters. The lowest BCUT2D eigenvalue weighted by atomic mass is 9.80. The van der Waals surface area contributed by atoms with E-state index in [0.717, 1.165) is 55.2 Å². The Morgan fingerprint density at radius 1 is 1.38 bits per heavy atom. The molecule has 1 amide bonds. The Bertz CT molecular complexity index is 768. The fourth-order valence-corrected chi connectivity index (χ4v) is 6.83. The molecule has 0 radical (unpaired) electrons. The zero-order valence-electron chi connectivity index (χ0n) is 17.2. The highest BCUT2D eigenvalue weighted by atomic mass is 32.2. The molecule has 1 N–H and O–H groups in total. The van der Waals surface area contributed by atoms with E-state index >= 15 is 0 Å². The fraction of sp³-hybridized carbons (Fsp3) is 0.636. The van der Waals surface area contributed by atoms with E-state index < -0.39 is 0 Å². The van der Waals surface area contributed by atoms with Crippen LogP contribution in [-0.2, 0) is 14.3 Å². The molecule has 0 spiro atoms. The third-order valence-corrected chi connectivity index (χ3v) is 8.55. The molecule has 158 valence electrons. The van der Waals surface area contributed by atoms with Gasteiger partial charge in [0, 0.05) is 24.6 Å². The fourth-order valence-electron chi connectivity index (χ4n) is 4.73. The van der Waals surface area contributed by atoms with E-state index in [2.05, 4.69) is 24.4 Å². The third kappa shape index (κ3) is 4.62. The maximum atomic E-state index is 13.1. The molecule has 2 aliphatic heterocycles. The van der Waals surface area contributed by atoms with Gasteiger partial charge in [-0.1, -0.05) is 11.6 Å². The van der Waals surface area contributed by atoms with Crippen molar-refractivity contribution in [2.75, 3.05) is 31.2 Å². The zero-order chi connectivity index (χ0) is 20.4. The molecule has 0 saturated carbocycles. The number of carbonyl (C=O) groups is 2. The van der Waals surface area contributed by atoms with Crippen molar-refractivity contribution in [3.63, 3.8) is 0 Å². The van der Waals surface area contributed by atoms with Crippen LogP contribution in [0.3, 0.4) is 0 Å². The van der Waals surface area contributed by atoms with E-state index in [0.29, 0.717) is 18.2 Å². The molecule has 0 aromatic carbocycles. The summed E-state index contributed by atoms with van der Waals surface area (Å²) in [4.78, 5) is 27.9. The summed E-state index contributed by atoms with van der Waals surface area (Å²) in [6, 6.07) is -0.349. The molecule has 0 aromatic rings. The Balaban J connectivity index is 1.38. The minimum atomic E-state index is -0.349. The summed E-state index contributed by atoms with van der Waals surface area (Å²) < 4.78 is 5.49. The molecule has 2 saturated heterocycles. The summed E-state index contributed by atoms with van der Waals surface area (Å²) in [7, 11) is 1.72. The van der Waals surface area contributed by atoms with Crippen molar-refractivity contribution >= 4 is 35.2 Å². The van der Waals surface area contributed by atoms with Crippen LogP contribution in [0.2, 0.25) is 0 Å². The number of nitrogens with zero attached hydrogens (tertiary/aromatic N) is 1. The standard InChI is InChI=1S/C22H30N2O3S2/c1-14-9-17-10-15(3-4-16(17)5-6-19(14)27-2)11-18(25)21-20(23-12-29-21)22(26)24-7-8-28-13-24/h6,9,15,20-21,23H,3-5,7-8,10-13H2,1-2H3/t15?,20-,21?/m0/s1. The van der Waals surface area contributed by atoms with E-state index in [1.54, 1.807) is 30.6 Å². The summed E-state index contributed by atoms with van der Waals surface area (Å²) in [6.45, 7) is 2.89. The van der Waals surface area contributed by atoms with Crippen LogP contribution in [0.4, 0.5) is 0 Å². The topological polar surface area (TPSA) is 58.6 Å².